The largest absolute Gasteiger partial charge is 0.489 e. The number of carbonyl (C=O) groups excluding carboxylic acids is 3. The molecule has 3 aromatic carbocycles. The maximum Gasteiger partial charge on any atom is 0.326 e. The number of benzene rings is 3. The fourth-order valence-electron chi connectivity index (χ4n) is 5.44. The van der Waals surface area contributed by atoms with Crippen molar-refractivity contribution in [3.8, 4) is 5.75 Å². The lowest BCUT2D eigenvalue weighted by Gasteiger charge is -2.41. The summed E-state index contributed by atoms with van der Waals surface area (Å²) in [6.45, 7) is 1.66. The number of hydroxylamine groups is 1. The molecule has 2 aliphatic heterocycles. The van der Waals surface area contributed by atoms with Crippen LogP contribution in [0.15, 0.2) is 72.8 Å². The Morgan fingerprint density at radius 3 is 2.53 bits per heavy atom. The lowest BCUT2D eigenvalue weighted by molar-refractivity contribution is -0.132. The third-order valence-corrected chi connectivity index (χ3v) is 7.37. The molecule has 0 spiro atoms. The Bertz CT molecular complexity index is 1560. The number of urea groups is 1. The van der Waals surface area contributed by atoms with Gasteiger partial charge in [0.2, 0.25) is 5.91 Å². The zero-order valence-electron chi connectivity index (χ0n) is 20.8. The molecule has 2 N–H and O–H groups in total. The zero-order chi connectivity index (χ0) is 26.4. The van der Waals surface area contributed by atoms with E-state index in [9.17, 15) is 14.4 Å². The summed E-state index contributed by atoms with van der Waals surface area (Å²) in [5.74, 6) is -0.535. The Balaban J connectivity index is 1.42. The van der Waals surface area contributed by atoms with Gasteiger partial charge in [0.05, 0.1) is 12.5 Å². The quantitative estimate of drug-likeness (QED) is 0.303. The van der Waals surface area contributed by atoms with Crippen LogP contribution >= 0.6 is 0 Å². The first kappa shape index (κ1) is 23.7. The highest BCUT2D eigenvalue weighted by Gasteiger charge is 2.44. The first-order valence-corrected chi connectivity index (χ1v) is 12.4. The van der Waals surface area contributed by atoms with E-state index in [2.05, 4.69) is 4.57 Å². The summed E-state index contributed by atoms with van der Waals surface area (Å²) in [6.07, 6.45) is 0. The van der Waals surface area contributed by atoms with Gasteiger partial charge in [-0.15, -0.1) is 0 Å². The molecule has 1 fully saturated rings. The van der Waals surface area contributed by atoms with Crippen LogP contribution in [0.5, 0.6) is 5.75 Å². The molecule has 3 heterocycles. The summed E-state index contributed by atoms with van der Waals surface area (Å²) >= 11 is 0. The van der Waals surface area contributed by atoms with Crippen molar-refractivity contribution < 1.29 is 24.3 Å². The average Bonchev–Trinajstić information content (AvgIpc) is 3.26. The Morgan fingerprint density at radius 2 is 1.79 bits per heavy atom. The summed E-state index contributed by atoms with van der Waals surface area (Å²) < 4.78 is 8.24. The van der Waals surface area contributed by atoms with Crippen molar-refractivity contribution in [1.29, 1.82) is 0 Å². The lowest BCUT2D eigenvalue weighted by atomic mass is 9.89. The molecule has 0 aliphatic carbocycles. The van der Waals surface area contributed by atoms with Gasteiger partial charge in [0, 0.05) is 42.3 Å². The van der Waals surface area contributed by atoms with Gasteiger partial charge in [0.25, 0.3) is 5.91 Å². The summed E-state index contributed by atoms with van der Waals surface area (Å²) in [5.41, 5.74) is 6.77. The minimum Gasteiger partial charge on any atom is -0.489 e. The van der Waals surface area contributed by atoms with E-state index in [1.807, 2.05) is 60.7 Å². The fourth-order valence-corrected chi connectivity index (χ4v) is 5.44. The third kappa shape index (κ3) is 3.97. The van der Waals surface area contributed by atoms with Gasteiger partial charge in [-0.25, -0.2) is 10.3 Å². The van der Waals surface area contributed by atoms with Crippen molar-refractivity contribution in [1.82, 2.24) is 19.8 Å². The molecule has 6 rings (SSSR count). The topological polar surface area (TPSA) is 104 Å². The number of likely N-dealkylation sites (N-methyl/N-ethyl adjacent to an activating group) is 1. The predicted octanol–water partition coefficient (Wildman–Crippen LogP) is 3.88. The summed E-state index contributed by atoms with van der Waals surface area (Å²) in [4.78, 5) is 40.7. The van der Waals surface area contributed by atoms with Gasteiger partial charge in [-0.3, -0.25) is 19.7 Å². The van der Waals surface area contributed by atoms with Crippen molar-refractivity contribution in [2.24, 2.45) is 0 Å². The molecule has 2 bridgehead atoms. The van der Waals surface area contributed by atoms with Crippen LogP contribution in [-0.2, 0) is 24.5 Å². The molecule has 1 unspecified atom stereocenters. The first-order chi connectivity index (χ1) is 18.4. The van der Waals surface area contributed by atoms with Gasteiger partial charge >= 0.3 is 6.03 Å². The number of aromatic nitrogens is 1. The van der Waals surface area contributed by atoms with Gasteiger partial charge in [0.1, 0.15) is 12.4 Å². The highest BCUT2D eigenvalue weighted by Crippen LogP contribution is 2.41. The van der Waals surface area contributed by atoms with Gasteiger partial charge in [-0.1, -0.05) is 42.5 Å². The van der Waals surface area contributed by atoms with E-state index >= 15 is 0 Å². The van der Waals surface area contributed by atoms with Crippen molar-refractivity contribution in [2.45, 2.75) is 25.6 Å². The van der Waals surface area contributed by atoms with Crippen LogP contribution in [0, 0.1) is 0 Å². The average molecular weight is 511 g/mol. The predicted molar refractivity (Wildman–Crippen MR) is 139 cm³/mol. The molecular formula is C29H26N4O5. The molecule has 0 saturated carbocycles. The summed E-state index contributed by atoms with van der Waals surface area (Å²) in [5, 5.41) is 9.84. The number of imide groups is 1. The van der Waals surface area contributed by atoms with E-state index in [4.69, 9.17) is 9.94 Å². The number of fused-ring (bicyclic) bond motifs is 6. The number of nitrogens with zero attached hydrogens (tertiary/aromatic N) is 3. The number of ether oxygens (including phenoxy) is 1. The van der Waals surface area contributed by atoms with Gasteiger partial charge in [-0.05, 0) is 47.0 Å². The number of hydrogen-bond donors (Lipinski definition) is 2. The van der Waals surface area contributed by atoms with E-state index in [0.29, 0.717) is 37.6 Å². The number of hydrogen-bond acceptors (Lipinski definition) is 5. The van der Waals surface area contributed by atoms with Crippen LogP contribution in [0.4, 0.5) is 4.79 Å². The highest BCUT2D eigenvalue weighted by atomic mass is 16.5. The van der Waals surface area contributed by atoms with Crippen LogP contribution in [0.1, 0.15) is 38.7 Å². The van der Waals surface area contributed by atoms with Crippen LogP contribution in [0.3, 0.4) is 0 Å². The first-order valence-electron chi connectivity index (χ1n) is 12.4. The van der Waals surface area contributed by atoms with E-state index in [1.54, 1.807) is 22.5 Å². The minimum atomic E-state index is -0.579. The second kappa shape index (κ2) is 9.35. The highest BCUT2D eigenvalue weighted by molar-refractivity contribution is 6.04. The number of carbonyl (C=O) groups is 3. The summed E-state index contributed by atoms with van der Waals surface area (Å²) in [7, 11) is 1.53. The van der Waals surface area contributed by atoms with Gasteiger partial charge in [0.15, 0.2) is 0 Å². The molecule has 9 heteroatoms. The second-order valence-electron chi connectivity index (χ2n) is 9.65. The number of rotatable bonds is 6. The number of nitrogens with one attached hydrogen (secondary N) is 1. The maximum absolute atomic E-state index is 13.2. The minimum absolute atomic E-state index is 0.207. The molecular weight excluding hydrogens is 484 g/mol. The monoisotopic (exact) mass is 510 g/mol. The van der Waals surface area contributed by atoms with E-state index in [0.717, 1.165) is 33.3 Å². The van der Waals surface area contributed by atoms with Crippen LogP contribution in [0.2, 0.25) is 0 Å². The molecule has 9 nitrogen and oxygen atoms in total. The Hall–Kier alpha value is -4.63. The Labute approximate surface area is 218 Å². The Kier molecular flexibility index (Phi) is 5.84. The van der Waals surface area contributed by atoms with Crippen molar-refractivity contribution >= 4 is 28.7 Å². The maximum atomic E-state index is 13.2. The van der Waals surface area contributed by atoms with Gasteiger partial charge in [-0.2, -0.15) is 0 Å². The van der Waals surface area contributed by atoms with Crippen molar-refractivity contribution in [3.63, 3.8) is 0 Å². The van der Waals surface area contributed by atoms with E-state index in [-0.39, 0.29) is 11.9 Å². The van der Waals surface area contributed by atoms with Gasteiger partial charge < -0.3 is 14.2 Å². The molecule has 38 heavy (non-hydrogen) atoms. The second-order valence-corrected chi connectivity index (χ2v) is 9.65. The molecule has 2 aliphatic rings. The molecule has 4 aromatic rings. The molecule has 1 aromatic heterocycles. The molecule has 0 radical (unpaired) electrons. The lowest BCUT2D eigenvalue weighted by Crippen LogP contribution is -2.56. The van der Waals surface area contributed by atoms with E-state index < -0.39 is 11.8 Å². The standard InChI is InChI=1S/C29H26N4O5/c1-31-28(35)23-15-32(29(31)36)16-25-26(23)22-13-21(38-17-19-5-3-2-4-6-19)11-12-24(22)33(25)14-18-7-9-20(10-8-18)27(34)30-37/h2-13,23,37H,14-17H2,1H3,(H,30,34). The molecule has 1 atom stereocenters. The van der Waals surface area contributed by atoms with E-state index in [1.165, 1.54) is 11.9 Å². The van der Waals surface area contributed by atoms with Crippen LogP contribution < -0.4 is 10.2 Å². The SMILES string of the molecule is CN1C(=O)C2CN(Cc3c2c2cc(OCc4ccccc4)ccc2n3Cc2ccc(C(=O)NO)cc2)C1=O. The third-order valence-electron chi connectivity index (χ3n) is 7.37. The molecule has 1 saturated heterocycles. The molecule has 192 valence electrons. The van der Waals surface area contributed by atoms with Crippen LogP contribution in [0.25, 0.3) is 10.9 Å². The smallest absolute Gasteiger partial charge is 0.326 e. The number of amides is 4. The molecule has 4 amide bonds. The summed E-state index contributed by atoms with van der Waals surface area (Å²) in [6, 6.07) is 22.5. The normalized spacial score (nSPS) is 16.5. The zero-order valence-corrected chi connectivity index (χ0v) is 20.8. The van der Waals surface area contributed by atoms with Crippen molar-refractivity contribution in [2.75, 3.05) is 13.6 Å². The van der Waals surface area contributed by atoms with Crippen LogP contribution in [-0.4, -0.2) is 51.0 Å². The fraction of sp³-hybridized carbons (Fsp3) is 0.207. The van der Waals surface area contributed by atoms with Crippen molar-refractivity contribution in [3.05, 3.63) is 101 Å². The Morgan fingerprint density at radius 1 is 1.03 bits per heavy atom.